The third-order valence-electron chi connectivity index (χ3n) is 6.29. The maximum Gasteiger partial charge on any atom is 0.253 e. The number of aromatic nitrogens is 3. The summed E-state index contributed by atoms with van der Waals surface area (Å²) in [6.07, 6.45) is 5.86. The Morgan fingerprint density at radius 3 is 2.74 bits per heavy atom. The van der Waals surface area contributed by atoms with E-state index < -0.39 is 0 Å². The van der Waals surface area contributed by atoms with Crippen LogP contribution in [-0.4, -0.2) is 44.4 Å². The number of fused-ring (bicyclic) bond motifs is 1. The van der Waals surface area contributed by atoms with Gasteiger partial charge in [-0.15, -0.1) is 21.5 Å². The van der Waals surface area contributed by atoms with Crippen LogP contribution in [0.5, 0.6) is 0 Å². The number of nitrogens with one attached hydrogen (secondary N) is 1. The minimum absolute atomic E-state index is 0.00153. The van der Waals surface area contributed by atoms with Gasteiger partial charge in [0.2, 0.25) is 5.91 Å². The van der Waals surface area contributed by atoms with E-state index in [1.54, 1.807) is 17.4 Å². The lowest BCUT2D eigenvalue weighted by molar-refractivity contribution is -0.116. The average Bonchev–Trinajstić information content (AvgIpc) is 3.54. The van der Waals surface area contributed by atoms with E-state index in [0.717, 1.165) is 37.2 Å². The molecule has 8 heteroatoms. The van der Waals surface area contributed by atoms with Gasteiger partial charge in [0, 0.05) is 47.8 Å². The number of hydrogen-bond donors (Lipinski definition) is 1. The van der Waals surface area contributed by atoms with E-state index in [4.69, 9.17) is 0 Å². The molecule has 1 saturated heterocycles. The lowest BCUT2D eigenvalue weighted by Crippen LogP contribution is -2.38. The molecule has 174 valence electrons. The number of pyridine rings is 1. The number of anilines is 1. The number of likely N-dealkylation sites (tertiary alicyclic amines) is 1. The van der Waals surface area contributed by atoms with E-state index >= 15 is 0 Å². The quantitative estimate of drug-likeness (QED) is 0.419. The lowest BCUT2D eigenvalue weighted by Gasteiger charge is -2.31. The molecular weight excluding hydrogens is 446 g/mol. The first-order valence-corrected chi connectivity index (χ1v) is 12.6. The molecule has 2 amide bonds. The van der Waals surface area contributed by atoms with E-state index in [1.807, 2.05) is 58.0 Å². The molecule has 7 nitrogen and oxygen atoms in total. The molecule has 0 aliphatic carbocycles. The number of rotatable bonds is 7. The van der Waals surface area contributed by atoms with E-state index in [-0.39, 0.29) is 17.7 Å². The predicted octanol–water partition coefficient (Wildman–Crippen LogP) is 4.77. The molecule has 0 bridgehead atoms. The summed E-state index contributed by atoms with van der Waals surface area (Å²) in [5.74, 6) is 1.22. The van der Waals surface area contributed by atoms with Crippen molar-refractivity contribution in [3.05, 3.63) is 82.4 Å². The predicted molar refractivity (Wildman–Crippen MR) is 133 cm³/mol. The van der Waals surface area contributed by atoms with Gasteiger partial charge in [-0.25, -0.2) is 0 Å². The van der Waals surface area contributed by atoms with Crippen molar-refractivity contribution in [1.29, 1.82) is 0 Å². The van der Waals surface area contributed by atoms with Crippen LogP contribution in [-0.2, 0) is 11.2 Å². The summed E-state index contributed by atoms with van der Waals surface area (Å²) in [5, 5.41) is 13.6. The van der Waals surface area contributed by atoms with Crippen molar-refractivity contribution in [2.24, 2.45) is 0 Å². The lowest BCUT2D eigenvalue weighted by atomic mass is 9.95. The Kier molecular flexibility index (Phi) is 6.67. The molecule has 1 aliphatic heterocycles. The minimum Gasteiger partial charge on any atom is -0.339 e. The molecule has 1 fully saturated rings. The van der Waals surface area contributed by atoms with Crippen molar-refractivity contribution in [2.45, 2.75) is 38.0 Å². The normalized spacial score (nSPS) is 14.4. The number of aryl methyl sites for hydroxylation is 1. The van der Waals surface area contributed by atoms with Gasteiger partial charge in [0.05, 0.1) is 0 Å². The number of piperidine rings is 1. The van der Waals surface area contributed by atoms with Crippen LogP contribution in [0.3, 0.4) is 0 Å². The third kappa shape index (κ3) is 5.02. The Morgan fingerprint density at radius 1 is 1.03 bits per heavy atom. The Bertz CT molecular complexity index is 1280. The van der Waals surface area contributed by atoms with Gasteiger partial charge in [0.1, 0.15) is 5.82 Å². The Labute approximate surface area is 202 Å². The summed E-state index contributed by atoms with van der Waals surface area (Å²) in [5.41, 5.74) is 2.11. The van der Waals surface area contributed by atoms with Crippen molar-refractivity contribution in [2.75, 3.05) is 18.4 Å². The Hall–Kier alpha value is -3.52. The molecule has 34 heavy (non-hydrogen) atoms. The molecule has 0 radical (unpaired) electrons. The molecule has 5 rings (SSSR count). The summed E-state index contributed by atoms with van der Waals surface area (Å²) in [7, 11) is 0. The molecule has 3 aromatic heterocycles. The van der Waals surface area contributed by atoms with Crippen LogP contribution in [0.2, 0.25) is 0 Å². The fourth-order valence-electron chi connectivity index (χ4n) is 4.49. The number of nitrogens with zero attached hydrogens (tertiary/aromatic N) is 4. The highest BCUT2D eigenvalue weighted by molar-refractivity contribution is 7.09. The second-order valence-electron chi connectivity index (χ2n) is 8.62. The summed E-state index contributed by atoms with van der Waals surface area (Å²) in [6.45, 7) is 1.34. The standard InChI is InChI=1S/C26H27N5O2S/c32-24(11-4-8-22-9-5-17-34-22)27-21-7-3-6-20(18-21)26(33)30-15-12-19(13-16-30)25-29-28-23-10-1-2-14-31(23)25/h1-3,5-7,9-10,14,17-19H,4,8,11-13,15-16H2,(H,27,32). The first kappa shape index (κ1) is 22.3. The number of benzene rings is 1. The van der Waals surface area contributed by atoms with Gasteiger partial charge in [-0.05, 0) is 67.5 Å². The zero-order chi connectivity index (χ0) is 23.3. The van der Waals surface area contributed by atoms with Crippen molar-refractivity contribution in [1.82, 2.24) is 19.5 Å². The second-order valence-corrected chi connectivity index (χ2v) is 9.65. The maximum absolute atomic E-state index is 13.1. The monoisotopic (exact) mass is 473 g/mol. The zero-order valence-corrected chi connectivity index (χ0v) is 19.7. The van der Waals surface area contributed by atoms with Crippen LogP contribution in [0.1, 0.15) is 52.7 Å². The molecule has 1 aliphatic rings. The molecule has 4 aromatic rings. The Morgan fingerprint density at radius 2 is 1.91 bits per heavy atom. The molecule has 0 saturated carbocycles. The number of hydrogen-bond acceptors (Lipinski definition) is 5. The van der Waals surface area contributed by atoms with Gasteiger partial charge in [-0.3, -0.25) is 14.0 Å². The topological polar surface area (TPSA) is 79.6 Å². The van der Waals surface area contributed by atoms with E-state index in [0.29, 0.717) is 30.8 Å². The molecule has 1 N–H and O–H groups in total. The highest BCUT2D eigenvalue weighted by atomic mass is 32.1. The summed E-state index contributed by atoms with van der Waals surface area (Å²) >= 11 is 1.72. The van der Waals surface area contributed by atoms with Crippen molar-refractivity contribution in [3.8, 4) is 0 Å². The van der Waals surface area contributed by atoms with Crippen molar-refractivity contribution >= 4 is 34.5 Å². The summed E-state index contributed by atoms with van der Waals surface area (Å²) in [6, 6.07) is 17.2. The molecule has 4 heterocycles. The van der Waals surface area contributed by atoms with Crippen LogP contribution in [0, 0.1) is 0 Å². The first-order chi connectivity index (χ1) is 16.7. The molecule has 1 aromatic carbocycles. The molecule has 0 spiro atoms. The third-order valence-corrected chi connectivity index (χ3v) is 7.22. The summed E-state index contributed by atoms with van der Waals surface area (Å²) in [4.78, 5) is 28.7. The van der Waals surface area contributed by atoms with Crippen LogP contribution < -0.4 is 5.32 Å². The number of carbonyl (C=O) groups is 2. The average molecular weight is 474 g/mol. The number of carbonyl (C=O) groups excluding carboxylic acids is 2. The highest BCUT2D eigenvalue weighted by Gasteiger charge is 2.27. The summed E-state index contributed by atoms with van der Waals surface area (Å²) < 4.78 is 2.04. The second kappa shape index (κ2) is 10.2. The van der Waals surface area contributed by atoms with Crippen molar-refractivity contribution in [3.63, 3.8) is 0 Å². The highest BCUT2D eigenvalue weighted by Crippen LogP contribution is 2.28. The largest absolute Gasteiger partial charge is 0.339 e. The van der Waals surface area contributed by atoms with Gasteiger partial charge in [-0.2, -0.15) is 0 Å². The fraction of sp³-hybridized carbons (Fsp3) is 0.308. The first-order valence-electron chi connectivity index (χ1n) is 11.7. The SMILES string of the molecule is O=C(CCCc1cccs1)Nc1cccc(C(=O)N2CCC(c3nnc4ccccn34)CC2)c1. The van der Waals surface area contributed by atoms with E-state index in [9.17, 15) is 9.59 Å². The number of amides is 2. The van der Waals surface area contributed by atoms with E-state index in [1.165, 1.54) is 4.88 Å². The minimum atomic E-state index is -0.0255. The maximum atomic E-state index is 13.1. The van der Waals surface area contributed by atoms with Gasteiger partial charge in [0.15, 0.2) is 5.65 Å². The van der Waals surface area contributed by atoms with Crippen LogP contribution in [0.4, 0.5) is 5.69 Å². The van der Waals surface area contributed by atoms with Crippen LogP contribution in [0.25, 0.3) is 5.65 Å². The zero-order valence-electron chi connectivity index (χ0n) is 18.9. The number of thiophene rings is 1. The smallest absolute Gasteiger partial charge is 0.253 e. The van der Waals surface area contributed by atoms with Crippen LogP contribution in [0.15, 0.2) is 66.2 Å². The van der Waals surface area contributed by atoms with Gasteiger partial charge < -0.3 is 10.2 Å². The molecule has 0 atom stereocenters. The molecular formula is C26H27N5O2S. The van der Waals surface area contributed by atoms with Gasteiger partial charge in [0.25, 0.3) is 5.91 Å². The fourth-order valence-corrected chi connectivity index (χ4v) is 5.24. The molecule has 0 unspecified atom stereocenters. The Balaban J connectivity index is 1.15. The van der Waals surface area contributed by atoms with E-state index in [2.05, 4.69) is 27.0 Å². The van der Waals surface area contributed by atoms with Crippen LogP contribution >= 0.6 is 11.3 Å². The van der Waals surface area contributed by atoms with Gasteiger partial charge >= 0.3 is 0 Å². The van der Waals surface area contributed by atoms with Gasteiger partial charge in [-0.1, -0.05) is 18.2 Å². The van der Waals surface area contributed by atoms with Crippen molar-refractivity contribution < 1.29 is 9.59 Å².